The molecule has 17 unspecified atom stereocenters. The Kier molecular flexibility index (Phi) is 34.1. The van der Waals surface area contributed by atoms with Crippen LogP contribution in [0.3, 0.4) is 0 Å². The summed E-state index contributed by atoms with van der Waals surface area (Å²) in [6, 6.07) is 0. The third-order valence-corrected chi connectivity index (χ3v) is 30.1. The van der Waals surface area contributed by atoms with Crippen molar-refractivity contribution in [1.82, 2.24) is 0 Å². The molecule has 7 rings (SSSR count). The molecular formula is C99H192. The van der Waals surface area contributed by atoms with Gasteiger partial charge in [-0.1, -0.05) is 347 Å². The molecule has 6 saturated carbocycles. The minimum Gasteiger partial charge on any atom is -0.0999 e. The van der Waals surface area contributed by atoms with Crippen molar-refractivity contribution < 1.29 is 0 Å². The van der Waals surface area contributed by atoms with Gasteiger partial charge in [0.1, 0.15) is 0 Å². The smallest absolute Gasteiger partial charge is 0.0205 e. The molecule has 0 aromatic rings. The molecule has 0 nitrogen and oxygen atoms in total. The largest absolute Gasteiger partial charge is 0.0999 e. The van der Waals surface area contributed by atoms with Gasteiger partial charge in [0.05, 0.1) is 0 Å². The van der Waals surface area contributed by atoms with Crippen LogP contribution in [-0.4, -0.2) is 0 Å². The van der Waals surface area contributed by atoms with E-state index in [1.165, 1.54) is 153 Å². The lowest BCUT2D eigenvalue weighted by Crippen LogP contribution is -2.49. The normalized spacial score (nSPS) is 33.9. The van der Waals surface area contributed by atoms with Crippen LogP contribution in [0.15, 0.2) is 24.3 Å². The minimum absolute atomic E-state index is 0.380. The fraction of sp³-hybridized carbons (Fsp3) is 0.960. The Balaban J connectivity index is 0.000000404. The van der Waals surface area contributed by atoms with Crippen LogP contribution >= 0.6 is 0 Å². The van der Waals surface area contributed by atoms with Crippen molar-refractivity contribution in [2.45, 2.75) is 438 Å². The van der Waals surface area contributed by atoms with Crippen molar-refractivity contribution in [3.05, 3.63) is 24.3 Å². The summed E-state index contributed by atoms with van der Waals surface area (Å²) >= 11 is 0. The first-order chi connectivity index (χ1) is 44.1. The van der Waals surface area contributed by atoms with E-state index in [1.54, 1.807) is 0 Å². The minimum atomic E-state index is 0.380. The Labute approximate surface area is 629 Å². The SMILES string of the molecule is C=C(C)C1CCC(C)(C(C)(C)C)C(C(C)(C)C)C1.CC(C)(C)C1C2CCC(C2)C1C(C)(C)C.CC(C)(C)C1CC/C=C\CCC1C(C)(C)C.CC(C)(C)C1CCCCCCC1C(C)(C)C.CC(C)C1CCC(C)(C(C)(C)C)C(C(C)(C)C)C1.CCC1CCC(C(C)(C)C)C(C(C)(C)C)C1. The number of rotatable bonds is 3. The molecule has 0 heterocycles. The first-order valence-electron chi connectivity index (χ1n) is 43.4. The molecule has 0 saturated heterocycles. The maximum absolute atomic E-state index is 4.21. The van der Waals surface area contributed by atoms with E-state index in [-0.39, 0.29) is 0 Å². The van der Waals surface area contributed by atoms with Crippen LogP contribution in [0.25, 0.3) is 0 Å². The van der Waals surface area contributed by atoms with Gasteiger partial charge in [-0.3, -0.25) is 0 Å². The van der Waals surface area contributed by atoms with Gasteiger partial charge in [-0.05, 0) is 287 Å². The highest BCUT2D eigenvalue weighted by Gasteiger charge is 2.56. The summed E-state index contributed by atoms with van der Waals surface area (Å²) in [4.78, 5) is 0. The van der Waals surface area contributed by atoms with Gasteiger partial charge in [0, 0.05) is 0 Å². The zero-order valence-electron chi connectivity index (χ0n) is 76.9. The molecule has 0 N–H and O–H groups in total. The van der Waals surface area contributed by atoms with E-state index < -0.39 is 0 Å². The number of allylic oxidation sites excluding steroid dienone is 3. The van der Waals surface area contributed by atoms with E-state index in [4.69, 9.17) is 0 Å². The maximum Gasteiger partial charge on any atom is -0.0205 e. The van der Waals surface area contributed by atoms with Crippen molar-refractivity contribution in [2.75, 3.05) is 0 Å². The van der Waals surface area contributed by atoms with Gasteiger partial charge in [-0.25, -0.2) is 0 Å². The Morgan fingerprint density at radius 1 is 0.354 bits per heavy atom. The van der Waals surface area contributed by atoms with Crippen LogP contribution in [0.1, 0.15) is 438 Å². The molecule has 7 aliphatic carbocycles. The highest BCUT2D eigenvalue weighted by Crippen LogP contribution is 2.64. The zero-order valence-corrected chi connectivity index (χ0v) is 76.9. The standard InChI is InChI=1S/C18H36.C18H34.C16H32.C16H30.C16H32.C15H28/c2*1-13(2)14-10-11-18(9,17(6,7)8)15(12-14)16(3,4)5;2*1-15(2,3)13-11-9-7-8-10-12-14(13)16(4,5)6;1-8-12-9-10-13(15(2,3)4)14(11-12)16(5,6)7;1-14(2,3)12-10-7-8-11(9-10)13(12)15(4,5)6/h13-15H,10-12H2,1-9H3;14-15H,1,10-12H2,2-9H3;13-14H,7-12H2,1-6H3;7-8,13-14H,9-12H2,1-6H3;12-14H,8-11H2,1-7H3;10-13H,7-9H2,1-6H3/b;;;8-7-;;. The quantitative estimate of drug-likeness (QED) is 0.247. The molecule has 99 heavy (non-hydrogen) atoms. The molecule has 0 aliphatic heterocycles. The molecule has 6 fully saturated rings. The van der Waals surface area contributed by atoms with E-state index in [0.717, 1.165) is 94.7 Å². The highest BCUT2D eigenvalue weighted by molar-refractivity contribution is 5.08. The molecular weight excluding hydrogens is 1190 g/mol. The Bertz CT molecular complexity index is 2230. The van der Waals surface area contributed by atoms with E-state index in [1.807, 2.05) is 0 Å². The van der Waals surface area contributed by atoms with Crippen LogP contribution in [0, 0.1) is 170 Å². The summed E-state index contributed by atoms with van der Waals surface area (Å²) in [5.41, 5.74) is 7.76. The fourth-order valence-electron chi connectivity index (χ4n) is 23.3. The number of fused-ring (bicyclic) bond motifs is 2. The van der Waals surface area contributed by atoms with E-state index >= 15 is 0 Å². The fourth-order valence-corrected chi connectivity index (χ4v) is 23.3. The number of hydrogen-bond acceptors (Lipinski definition) is 0. The van der Waals surface area contributed by atoms with Crippen LogP contribution in [0.4, 0.5) is 0 Å². The van der Waals surface area contributed by atoms with Gasteiger partial charge in [0.25, 0.3) is 0 Å². The molecule has 2 bridgehead atoms. The zero-order chi connectivity index (χ0) is 77.5. The molecule has 588 valence electrons. The van der Waals surface area contributed by atoms with Gasteiger partial charge in [0.15, 0.2) is 0 Å². The van der Waals surface area contributed by atoms with E-state index in [9.17, 15) is 0 Å². The topological polar surface area (TPSA) is 0 Å². The second-order valence-corrected chi connectivity index (χ2v) is 49.9. The third-order valence-electron chi connectivity index (χ3n) is 30.1. The first kappa shape index (κ1) is 94.6. The van der Waals surface area contributed by atoms with Gasteiger partial charge < -0.3 is 0 Å². The lowest BCUT2D eigenvalue weighted by atomic mass is 9.48. The maximum atomic E-state index is 4.21. The van der Waals surface area contributed by atoms with Crippen molar-refractivity contribution in [2.24, 2.45) is 170 Å². The predicted octanol–water partition coefficient (Wildman–Crippen LogP) is 33.6. The van der Waals surface area contributed by atoms with Crippen LogP contribution in [0.2, 0.25) is 0 Å². The molecule has 7 aliphatic rings. The lowest BCUT2D eigenvalue weighted by molar-refractivity contribution is -0.0787. The van der Waals surface area contributed by atoms with E-state index in [0.29, 0.717) is 75.8 Å². The van der Waals surface area contributed by atoms with Gasteiger partial charge in [-0.2, -0.15) is 0 Å². The molecule has 0 aromatic heterocycles. The Morgan fingerprint density at radius 3 is 0.970 bits per heavy atom. The lowest BCUT2D eigenvalue weighted by Gasteiger charge is -2.57. The molecule has 0 amide bonds. The average molecular weight is 1380 g/mol. The Hall–Kier alpha value is -0.520. The summed E-state index contributed by atoms with van der Waals surface area (Å²) < 4.78 is 0. The van der Waals surface area contributed by atoms with Gasteiger partial charge >= 0.3 is 0 Å². The molecule has 0 radical (unpaired) electrons. The van der Waals surface area contributed by atoms with Crippen molar-refractivity contribution in [3.63, 3.8) is 0 Å². The summed E-state index contributed by atoms with van der Waals surface area (Å²) in [5.74, 6) is 14.5. The molecule has 0 aromatic carbocycles. The third kappa shape index (κ3) is 27.6. The van der Waals surface area contributed by atoms with Crippen molar-refractivity contribution >= 4 is 0 Å². The molecule has 0 spiro atoms. The van der Waals surface area contributed by atoms with Gasteiger partial charge in [-0.15, -0.1) is 0 Å². The van der Waals surface area contributed by atoms with E-state index in [2.05, 4.69) is 310 Å². The van der Waals surface area contributed by atoms with Crippen LogP contribution in [0.5, 0.6) is 0 Å². The second kappa shape index (κ2) is 35.7. The predicted molar refractivity (Wildman–Crippen MR) is 453 cm³/mol. The average Bonchev–Trinajstić information content (AvgIpc) is 1.72. The first-order valence-corrected chi connectivity index (χ1v) is 43.4. The van der Waals surface area contributed by atoms with Crippen LogP contribution in [-0.2, 0) is 0 Å². The highest BCUT2D eigenvalue weighted by atomic mass is 14.6. The summed E-state index contributed by atoms with van der Waals surface area (Å²) in [5, 5.41) is 0. The van der Waals surface area contributed by atoms with Crippen LogP contribution < -0.4 is 0 Å². The summed E-state index contributed by atoms with van der Waals surface area (Å²) in [6.07, 6.45) is 37.3. The van der Waals surface area contributed by atoms with Crippen molar-refractivity contribution in [1.29, 1.82) is 0 Å². The summed E-state index contributed by atoms with van der Waals surface area (Å²) in [7, 11) is 0. The van der Waals surface area contributed by atoms with Gasteiger partial charge in [0.2, 0.25) is 0 Å². The molecule has 17 atom stereocenters. The monoisotopic (exact) mass is 1380 g/mol. The Morgan fingerprint density at radius 2 is 0.677 bits per heavy atom. The van der Waals surface area contributed by atoms with Crippen molar-refractivity contribution in [3.8, 4) is 0 Å². The summed E-state index contributed by atoms with van der Waals surface area (Å²) in [6.45, 7) is 106. The molecule has 0 heteroatoms. The number of hydrogen-bond donors (Lipinski definition) is 0. The second-order valence-electron chi connectivity index (χ2n) is 49.9.